The zero-order valence-electron chi connectivity index (χ0n) is 7.37. The van der Waals surface area contributed by atoms with E-state index >= 15 is 0 Å². The van der Waals surface area contributed by atoms with Gasteiger partial charge in [-0.2, -0.15) is 5.10 Å². The van der Waals surface area contributed by atoms with Gasteiger partial charge in [0, 0.05) is 6.54 Å². The van der Waals surface area contributed by atoms with Gasteiger partial charge in [-0.15, -0.1) is 0 Å². The monoisotopic (exact) mass is 190 g/mol. The molecule has 1 aromatic rings. The number of hydrogen-bond donors (Lipinski definition) is 1. The van der Waals surface area contributed by atoms with Crippen molar-refractivity contribution >= 4 is 0 Å². The van der Waals surface area contributed by atoms with Crippen LogP contribution in [0.15, 0.2) is 6.33 Å². The summed E-state index contributed by atoms with van der Waals surface area (Å²) in [4.78, 5) is 3.93. The van der Waals surface area contributed by atoms with E-state index in [9.17, 15) is 8.78 Å². The van der Waals surface area contributed by atoms with Crippen LogP contribution in [0.4, 0.5) is 8.78 Å². The Morgan fingerprint density at radius 3 is 3.00 bits per heavy atom. The highest BCUT2D eigenvalue weighted by atomic mass is 19.3. The summed E-state index contributed by atoms with van der Waals surface area (Å²) in [6, 6.07) is 0. The van der Waals surface area contributed by atoms with Gasteiger partial charge >= 0.3 is 0 Å². The van der Waals surface area contributed by atoms with Crippen LogP contribution in [0.1, 0.15) is 12.7 Å². The summed E-state index contributed by atoms with van der Waals surface area (Å²) in [5.74, 6) is 0.683. The molecule has 0 saturated carbocycles. The maximum absolute atomic E-state index is 11.7. The van der Waals surface area contributed by atoms with Gasteiger partial charge < -0.3 is 5.32 Å². The Hall–Kier alpha value is -1.04. The van der Waals surface area contributed by atoms with Crippen LogP contribution >= 0.6 is 0 Å². The van der Waals surface area contributed by atoms with Gasteiger partial charge in [0.15, 0.2) is 0 Å². The maximum atomic E-state index is 11.7. The third-order valence-electron chi connectivity index (χ3n) is 1.58. The molecule has 0 amide bonds. The molecule has 0 aliphatic rings. The summed E-state index contributed by atoms with van der Waals surface area (Å²) in [6.45, 7) is 2.64. The lowest BCUT2D eigenvalue weighted by Crippen LogP contribution is -2.22. The number of nitrogens with one attached hydrogen (secondary N) is 1. The molecule has 0 fully saturated rings. The minimum atomic E-state index is -2.32. The van der Waals surface area contributed by atoms with Crippen molar-refractivity contribution in [2.24, 2.45) is 0 Å². The molecule has 0 radical (unpaired) electrons. The smallest absolute Gasteiger partial charge is 0.250 e. The zero-order chi connectivity index (χ0) is 9.68. The van der Waals surface area contributed by atoms with Crippen molar-refractivity contribution in [2.45, 2.75) is 26.4 Å². The maximum Gasteiger partial charge on any atom is 0.250 e. The first-order chi connectivity index (χ1) is 6.24. The highest BCUT2D eigenvalue weighted by Crippen LogP contribution is 1.94. The normalized spacial score (nSPS) is 11.1. The molecule has 0 aliphatic heterocycles. The lowest BCUT2D eigenvalue weighted by Gasteiger charge is -2.04. The van der Waals surface area contributed by atoms with Crippen molar-refractivity contribution in [3.63, 3.8) is 0 Å². The van der Waals surface area contributed by atoms with E-state index in [0.29, 0.717) is 18.9 Å². The van der Waals surface area contributed by atoms with Gasteiger partial charge in [0.05, 0.1) is 13.1 Å². The molecule has 13 heavy (non-hydrogen) atoms. The Balaban J connectivity index is 2.36. The van der Waals surface area contributed by atoms with Gasteiger partial charge in [0.2, 0.25) is 0 Å². The Labute approximate surface area is 75.0 Å². The SMILES string of the molecule is CCn1ncnc1CNCC(F)F. The molecule has 0 bridgehead atoms. The van der Waals surface area contributed by atoms with E-state index in [4.69, 9.17) is 0 Å². The van der Waals surface area contributed by atoms with Gasteiger partial charge in [-0.05, 0) is 6.92 Å². The minimum Gasteiger partial charge on any atom is -0.304 e. The largest absolute Gasteiger partial charge is 0.304 e. The number of aromatic nitrogens is 3. The van der Waals surface area contributed by atoms with E-state index in [2.05, 4.69) is 15.4 Å². The first kappa shape index (κ1) is 10.0. The molecule has 74 valence electrons. The fourth-order valence-corrected chi connectivity index (χ4v) is 0.982. The van der Waals surface area contributed by atoms with Crippen LogP contribution in [0.2, 0.25) is 0 Å². The molecular weight excluding hydrogens is 178 g/mol. The van der Waals surface area contributed by atoms with Crippen LogP contribution in [0.25, 0.3) is 0 Å². The van der Waals surface area contributed by atoms with Crippen LogP contribution < -0.4 is 5.32 Å². The number of alkyl halides is 2. The van der Waals surface area contributed by atoms with E-state index in [1.165, 1.54) is 6.33 Å². The Kier molecular flexibility index (Phi) is 3.75. The number of rotatable bonds is 5. The number of hydrogen-bond acceptors (Lipinski definition) is 3. The molecule has 0 spiro atoms. The molecule has 1 heterocycles. The molecular formula is C7H12F2N4. The molecule has 1 N–H and O–H groups in total. The fraction of sp³-hybridized carbons (Fsp3) is 0.714. The van der Waals surface area contributed by atoms with Crippen LogP contribution in [0.3, 0.4) is 0 Å². The van der Waals surface area contributed by atoms with Gasteiger partial charge in [0.25, 0.3) is 6.43 Å². The summed E-state index contributed by atoms with van der Waals surface area (Å²) in [7, 11) is 0. The molecule has 0 saturated heterocycles. The molecule has 1 rings (SSSR count). The molecule has 0 unspecified atom stereocenters. The predicted octanol–water partition coefficient (Wildman–Crippen LogP) is 0.653. The molecule has 1 aromatic heterocycles. The number of nitrogens with zero attached hydrogens (tertiary/aromatic N) is 3. The quantitative estimate of drug-likeness (QED) is 0.741. The summed E-state index contributed by atoms with van der Waals surface area (Å²) < 4.78 is 25.1. The third-order valence-corrected chi connectivity index (χ3v) is 1.58. The third kappa shape index (κ3) is 3.06. The molecule has 6 heteroatoms. The van der Waals surface area contributed by atoms with Gasteiger partial charge in [-0.25, -0.2) is 18.4 Å². The highest BCUT2D eigenvalue weighted by Gasteiger charge is 2.04. The Morgan fingerprint density at radius 2 is 2.38 bits per heavy atom. The topological polar surface area (TPSA) is 42.7 Å². The average molecular weight is 190 g/mol. The summed E-state index contributed by atoms with van der Waals surface area (Å²) in [5, 5.41) is 6.50. The summed E-state index contributed by atoms with van der Waals surface area (Å²) in [6.07, 6.45) is -0.902. The lowest BCUT2D eigenvalue weighted by molar-refractivity contribution is 0.145. The Morgan fingerprint density at radius 1 is 1.62 bits per heavy atom. The van der Waals surface area contributed by atoms with E-state index < -0.39 is 6.43 Å². The van der Waals surface area contributed by atoms with Crippen molar-refractivity contribution in [1.29, 1.82) is 0 Å². The summed E-state index contributed by atoms with van der Waals surface area (Å²) in [5.41, 5.74) is 0. The lowest BCUT2D eigenvalue weighted by atomic mass is 10.5. The first-order valence-electron chi connectivity index (χ1n) is 4.09. The Bertz CT molecular complexity index is 248. The van der Waals surface area contributed by atoms with Crippen LogP contribution in [-0.2, 0) is 13.1 Å². The molecule has 0 aromatic carbocycles. The van der Waals surface area contributed by atoms with Gasteiger partial charge in [-0.3, -0.25) is 0 Å². The second-order valence-corrected chi connectivity index (χ2v) is 2.51. The predicted molar refractivity (Wildman–Crippen MR) is 43.4 cm³/mol. The van der Waals surface area contributed by atoms with Gasteiger partial charge in [0.1, 0.15) is 12.2 Å². The van der Waals surface area contributed by atoms with E-state index in [0.717, 1.165) is 0 Å². The average Bonchev–Trinajstić information content (AvgIpc) is 2.51. The fourth-order valence-electron chi connectivity index (χ4n) is 0.982. The van der Waals surface area contributed by atoms with Crippen molar-refractivity contribution in [2.75, 3.05) is 6.54 Å². The molecule has 0 atom stereocenters. The van der Waals surface area contributed by atoms with E-state index in [1.54, 1.807) is 4.68 Å². The van der Waals surface area contributed by atoms with Crippen LogP contribution in [0, 0.1) is 0 Å². The van der Waals surface area contributed by atoms with Gasteiger partial charge in [-0.1, -0.05) is 0 Å². The van der Waals surface area contributed by atoms with Crippen molar-refractivity contribution < 1.29 is 8.78 Å². The highest BCUT2D eigenvalue weighted by molar-refractivity contribution is 4.83. The van der Waals surface area contributed by atoms with Crippen molar-refractivity contribution in [3.05, 3.63) is 12.2 Å². The van der Waals surface area contributed by atoms with Crippen molar-refractivity contribution in [3.8, 4) is 0 Å². The molecule has 0 aliphatic carbocycles. The second-order valence-electron chi connectivity index (χ2n) is 2.51. The standard InChI is InChI=1S/C7H12F2N4/c1-2-13-7(11-5-12-13)4-10-3-6(8)9/h5-6,10H,2-4H2,1H3. The van der Waals surface area contributed by atoms with Crippen molar-refractivity contribution in [1.82, 2.24) is 20.1 Å². The second kappa shape index (κ2) is 4.86. The van der Waals surface area contributed by atoms with E-state index in [1.807, 2.05) is 6.92 Å². The van der Waals surface area contributed by atoms with Crippen LogP contribution in [-0.4, -0.2) is 27.7 Å². The number of halogens is 2. The van der Waals surface area contributed by atoms with E-state index in [-0.39, 0.29) is 6.54 Å². The zero-order valence-corrected chi connectivity index (χ0v) is 7.37. The number of aryl methyl sites for hydroxylation is 1. The first-order valence-corrected chi connectivity index (χ1v) is 4.09. The van der Waals surface area contributed by atoms with Crippen LogP contribution in [0.5, 0.6) is 0 Å². The summed E-state index contributed by atoms with van der Waals surface area (Å²) >= 11 is 0. The molecule has 4 nitrogen and oxygen atoms in total. The minimum absolute atomic E-state index is 0.309.